The molecule has 1 N–H and O–H groups in total. The van der Waals surface area contributed by atoms with Gasteiger partial charge in [0.15, 0.2) is 0 Å². The van der Waals surface area contributed by atoms with Crippen LogP contribution in [0.25, 0.3) is 0 Å². The summed E-state index contributed by atoms with van der Waals surface area (Å²) < 4.78 is 30.2. The van der Waals surface area contributed by atoms with E-state index in [9.17, 15) is 13.6 Å². The maximum absolute atomic E-state index is 13.0. The van der Waals surface area contributed by atoms with E-state index in [2.05, 4.69) is 10.1 Å². The Hall–Kier alpha value is -0.710. The molecule has 1 fully saturated rings. The highest BCUT2D eigenvalue weighted by atomic mass is 19.3. The van der Waals surface area contributed by atoms with E-state index in [1.165, 1.54) is 6.92 Å². The monoisotopic (exact) mass is 207 g/mol. The fraction of sp³-hybridized carbons (Fsp3) is 0.889. The average Bonchev–Trinajstić information content (AvgIpc) is 2.79. The lowest BCUT2D eigenvalue weighted by atomic mass is 10.3. The fourth-order valence-electron chi connectivity index (χ4n) is 1.17. The summed E-state index contributed by atoms with van der Waals surface area (Å²) in [7, 11) is 0. The number of carbonyl (C=O) groups is 1. The van der Waals surface area contributed by atoms with E-state index < -0.39 is 18.4 Å². The second-order valence-corrected chi connectivity index (χ2v) is 3.63. The molecule has 0 aliphatic heterocycles. The molecule has 0 bridgehead atoms. The van der Waals surface area contributed by atoms with E-state index in [0.717, 1.165) is 6.42 Å². The highest BCUT2D eigenvalue weighted by Gasteiger charge is 2.43. The Balaban J connectivity index is 2.28. The van der Waals surface area contributed by atoms with Crippen LogP contribution in [0.1, 0.15) is 20.3 Å². The molecule has 2 atom stereocenters. The first-order chi connectivity index (χ1) is 6.47. The molecule has 0 heterocycles. The molecule has 82 valence electrons. The number of carbonyl (C=O) groups excluding carboxylic acids is 1. The summed E-state index contributed by atoms with van der Waals surface area (Å²) in [6, 6.07) is 0.135. The fourth-order valence-corrected chi connectivity index (χ4v) is 1.17. The van der Waals surface area contributed by atoms with Crippen LogP contribution in [0.5, 0.6) is 0 Å². The number of nitrogens with one attached hydrogen (secondary N) is 1. The van der Waals surface area contributed by atoms with Crippen LogP contribution in [0.4, 0.5) is 8.78 Å². The van der Waals surface area contributed by atoms with Gasteiger partial charge in [-0.05, 0) is 19.3 Å². The quantitative estimate of drug-likeness (QED) is 0.688. The van der Waals surface area contributed by atoms with Crippen LogP contribution in [0, 0.1) is 5.92 Å². The normalized spacial score (nSPS) is 26.0. The van der Waals surface area contributed by atoms with Crippen molar-refractivity contribution in [1.29, 1.82) is 0 Å². The number of hydrogen-bond acceptors (Lipinski definition) is 3. The lowest BCUT2D eigenvalue weighted by molar-refractivity contribution is -0.170. The van der Waals surface area contributed by atoms with Crippen molar-refractivity contribution in [2.75, 3.05) is 13.2 Å². The van der Waals surface area contributed by atoms with Crippen molar-refractivity contribution >= 4 is 5.97 Å². The lowest BCUT2D eigenvalue weighted by Crippen LogP contribution is -2.42. The molecule has 1 aliphatic carbocycles. The lowest BCUT2D eigenvalue weighted by Gasteiger charge is -2.14. The summed E-state index contributed by atoms with van der Waals surface area (Å²) in [5, 5.41) is 2.64. The molecular weight excluding hydrogens is 192 g/mol. The van der Waals surface area contributed by atoms with E-state index in [-0.39, 0.29) is 12.6 Å². The second-order valence-electron chi connectivity index (χ2n) is 3.63. The number of esters is 1. The Morgan fingerprint density at radius 2 is 2.21 bits per heavy atom. The van der Waals surface area contributed by atoms with E-state index >= 15 is 0 Å². The van der Waals surface area contributed by atoms with Gasteiger partial charge >= 0.3 is 11.9 Å². The Morgan fingerprint density at radius 1 is 1.64 bits per heavy atom. The Labute approximate surface area is 81.8 Å². The number of rotatable bonds is 5. The van der Waals surface area contributed by atoms with Crippen molar-refractivity contribution in [1.82, 2.24) is 5.32 Å². The van der Waals surface area contributed by atoms with Gasteiger partial charge in [0.1, 0.15) is 0 Å². The highest BCUT2D eigenvalue weighted by Crippen LogP contribution is 2.29. The summed E-state index contributed by atoms with van der Waals surface area (Å²) >= 11 is 0. The third-order valence-corrected chi connectivity index (χ3v) is 2.27. The summed E-state index contributed by atoms with van der Waals surface area (Å²) in [6.45, 7) is 2.83. The zero-order chi connectivity index (χ0) is 10.8. The SMILES string of the molecule is CCOC(=O)C(F)(F)CN[C@@H]1C[C@H]1C. The molecule has 0 unspecified atom stereocenters. The van der Waals surface area contributed by atoms with E-state index in [1.807, 2.05) is 6.92 Å². The van der Waals surface area contributed by atoms with Gasteiger partial charge in [0, 0.05) is 6.04 Å². The maximum atomic E-state index is 13.0. The number of hydrogen-bond donors (Lipinski definition) is 1. The molecule has 14 heavy (non-hydrogen) atoms. The Morgan fingerprint density at radius 3 is 2.64 bits per heavy atom. The van der Waals surface area contributed by atoms with Crippen LogP contribution in [-0.4, -0.2) is 31.1 Å². The van der Waals surface area contributed by atoms with Crippen LogP contribution in [0.3, 0.4) is 0 Å². The van der Waals surface area contributed by atoms with E-state index in [4.69, 9.17) is 0 Å². The van der Waals surface area contributed by atoms with Gasteiger partial charge in [-0.2, -0.15) is 8.78 Å². The standard InChI is InChI=1S/C9H15F2NO2/c1-3-14-8(13)9(10,11)5-12-7-4-6(7)2/h6-7,12H,3-5H2,1-2H3/t6-,7-/m1/s1. The van der Waals surface area contributed by atoms with Gasteiger partial charge in [0.2, 0.25) is 0 Å². The molecule has 0 amide bonds. The van der Waals surface area contributed by atoms with Gasteiger partial charge in [0.25, 0.3) is 0 Å². The molecule has 1 saturated carbocycles. The van der Waals surface area contributed by atoms with Gasteiger partial charge in [-0.1, -0.05) is 6.92 Å². The van der Waals surface area contributed by atoms with Gasteiger partial charge in [-0.3, -0.25) is 0 Å². The molecule has 5 heteroatoms. The first kappa shape index (κ1) is 11.4. The predicted molar refractivity (Wildman–Crippen MR) is 47.2 cm³/mol. The molecular formula is C9H15F2NO2. The molecule has 0 spiro atoms. The first-order valence-electron chi connectivity index (χ1n) is 4.75. The highest BCUT2D eigenvalue weighted by molar-refractivity contribution is 5.77. The van der Waals surface area contributed by atoms with Gasteiger partial charge < -0.3 is 10.1 Å². The molecule has 0 aromatic heterocycles. The van der Waals surface area contributed by atoms with Crippen molar-refractivity contribution in [2.45, 2.75) is 32.2 Å². The van der Waals surface area contributed by atoms with Crippen molar-refractivity contribution in [3.05, 3.63) is 0 Å². The zero-order valence-electron chi connectivity index (χ0n) is 8.35. The minimum absolute atomic E-state index is 0.0196. The summed E-state index contributed by atoms with van der Waals surface area (Å²) in [5.41, 5.74) is 0. The smallest absolute Gasteiger partial charge is 0.378 e. The third kappa shape index (κ3) is 2.90. The largest absolute Gasteiger partial charge is 0.462 e. The van der Waals surface area contributed by atoms with Crippen LogP contribution in [-0.2, 0) is 9.53 Å². The minimum Gasteiger partial charge on any atom is -0.462 e. The maximum Gasteiger partial charge on any atom is 0.378 e. The predicted octanol–water partition coefficient (Wildman–Crippen LogP) is 1.18. The van der Waals surface area contributed by atoms with E-state index in [1.54, 1.807) is 0 Å². The molecule has 1 aliphatic rings. The molecule has 0 aromatic rings. The Kier molecular flexibility index (Phi) is 3.42. The van der Waals surface area contributed by atoms with Crippen LogP contribution in [0.2, 0.25) is 0 Å². The average molecular weight is 207 g/mol. The van der Waals surface area contributed by atoms with Gasteiger partial charge in [-0.15, -0.1) is 0 Å². The third-order valence-electron chi connectivity index (χ3n) is 2.27. The molecule has 0 radical (unpaired) electrons. The van der Waals surface area contributed by atoms with Crippen LogP contribution in [0.15, 0.2) is 0 Å². The molecule has 0 aromatic carbocycles. The van der Waals surface area contributed by atoms with Crippen molar-refractivity contribution in [3.8, 4) is 0 Å². The minimum atomic E-state index is -3.40. The van der Waals surface area contributed by atoms with E-state index in [0.29, 0.717) is 5.92 Å². The molecule has 3 nitrogen and oxygen atoms in total. The van der Waals surface area contributed by atoms with Crippen molar-refractivity contribution in [2.24, 2.45) is 5.92 Å². The van der Waals surface area contributed by atoms with Crippen molar-refractivity contribution in [3.63, 3.8) is 0 Å². The zero-order valence-corrected chi connectivity index (χ0v) is 8.35. The van der Waals surface area contributed by atoms with Crippen LogP contribution >= 0.6 is 0 Å². The molecule has 1 rings (SSSR count). The molecule has 0 saturated heterocycles. The topological polar surface area (TPSA) is 38.3 Å². The van der Waals surface area contributed by atoms with Gasteiger partial charge in [0.05, 0.1) is 13.2 Å². The first-order valence-corrected chi connectivity index (χ1v) is 4.75. The Bertz CT molecular complexity index is 221. The summed E-state index contributed by atoms with van der Waals surface area (Å²) in [4.78, 5) is 10.8. The van der Waals surface area contributed by atoms with Gasteiger partial charge in [-0.25, -0.2) is 4.79 Å². The summed E-state index contributed by atoms with van der Waals surface area (Å²) in [5.74, 6) is -4.41. The number of halogens is 2. The number of ether oxygens (including phenoxy) is 1. The van der Waals surface area contributed by atoms with Crippen LogP contribution < -0.4 is 5.32 Å². The van der Waals surface area contributed by atoms with Crippen molar-refractivity contribution < 1.29 is 18.3 Å². The summed E-state index contributed by atoms with van der Waals surface area (Å²) in [6.07, 6.45) is 0.902. The number of alkyl halides is 2. The second kappa shape index (κ2) is 4.21.